The topological polar surface area (TPSA) is 169 Å². The van der Waals surface area contributed by atoms with Crippen molar-refractivity contribution in [1.29, 1.82) is 0 Å². The summed E-state index contributed by atoms with van der Waals surface area (Å²) >= 11 is 0. The molecule has 0 saturated heterocycles. The van der Waals surface area contributed by atoms with Crippen molar-refractivity contribution in [3.05, 3.63) is 60.2 Å². The van der Waals surface area contributed by atoms with Crippen LogP contribution in [0.25, 0.3) is 11.2 Å². The quantitative estimate of drug-likeness (QED) is 0.267. The molecule has 0 aromatic carbocycles. The van der Waals surface area contributed by atoms with Crippen molar-refractivity contribution in [2.45, 2.75) is 57.0 Å². The number of pyridine rings is 2. The van der Waals surface area contributed by atoms with Crippen molar-refractivity contribution in [3.63, 3.8) is 0 Å². The molecule has 4 aromatic rings. The van der Waals surface area contributed by atoms with Gasteiger partial charge in [0, 0.05) is 24.5 Å². The standard InChI is InChI=1S/C15H14N4O.C13H16N6O2/c1-9-6-8-17-14-12(9)18-15(20)11-3-2-7-16-13(11)19(14)10-4-5-10;14-13-17-11(16-7-1-2-7)10-12(18-13)19(6-15-10)9-4-3-8(5-20)21-9/h2-3,6-8,10H,4-5H2,1H3,(H,18,20);3-4,6-9,20H,1-2,5H2,(H3,14,16,17,18)/t;8-,9+/m.0/s1. The lowest BCUT2D eigenvalue weighted by molar-refractivity contribution is -0.00638. The second-order valence-corrected chi connectivity index (χ2v) is 10.6. The summed E-state index contributed by atoms with van der Waals surface area (Å²) < 4.78 is 7.47. The van der Waals surface area contributed by atoms with E-state index in [9.17, 15) is 4.79 Å². The second-order valence-electron chi connectivity index (χ2n) is 10.6. The number of nitrogens with one attached hydrogen (secondary N) is 2. The Morgan fingerprint density at radius 3 is 2.68 bits per heavy atom. The molecule has 0 bridgehead atoms. The number of aromatic nitrogens is 6. The van der Waals surface area contributed by atoms with Gasteiger partial charge in [-0.3, -0.25) is 9.36 Å². The molecule has 13 heteroatoms. The van der Waals surface area contributed by atoms with Gasteiger partial charge in [0.25, 0.3) is 5.91 Å². The first kappa shape index (κ1) is 25.4. The number of nitrogen functional groups attached to an aromatic ring is 1. The van der Waals surface area contributed by atoms with Gasteiger partial charge in [-0.05, 0) is 62.4 Å². The van der Waals surface area contributed by atoms with Gasteiger partial charge in [0.2, 0.25) is 5.95 Å². The number of imidazole rings is 1. The Bertz CT molecular complexity index is 1660. The van der Waals surface area contributed by atoms with E-state index >= 15 is 0 Å². The lowest BCUT2D eigenvalue weighted by atomic mass is 10.2. The van der Waals surface area contributed by atoms with Crippen LogP contribution < -0.4 is 21.3 Å². The zero-order valence-corrected chi connectivity index (χ0v) is 22.4. The molecule has 8 rings (SSSR count). The fourth-order valence-electron chi connectivity index (χ4n) is 5.00. The molecule has 6 heterocycles. The molecule has 0 unspecified atom stereocenters. The zero-order chi connectivity index (χ0) is 28.1. The molecule has 0 spiro atoms. The summed E-state index contributed by atoms with van der Waals surface area (Å²) in [6.45, 7) is 1.93. The van der Waals surface area contributed by atoms with Crippen LogP contribution >= 0.6 is 0 Å². The Morgan fingerprint density at radius 1 is 1.10 bits per heavy atom. The summed E-state index contributed by atoms with van der Waals surface area (Å²) in [5.74, 6) is 2.27. The highest BCUT2D eigenvalue weighted by atomic mass is 16.5. The van der Waals surface area contributed by atoms with Crippen molar-refractivity contribution in [2.75, 3.05) is 27.9 Å². The Labute approximate surface area is 235 Å². The molecule has 0 radical (unpaired) electrons. The average Bonchev–Trinajstić information content (AvgIpc) is 3.89. The molecule has 2 atom stereocenters. The van der Waals surface area contributed by atoms with Gasteiger partial charge in [-0.25, -0.2) is 15.0 Å². The van der Waals surface area contributed by atoms with Gasteiger partial charge < -0.3 is 31.1 Å². The largest absolute Gasteiger partial charge is 0.393 e. The highest BCUT2D eigenvalue weighted by molar-refractivity contribution is 6.11. The number of aliphatic hydroxyl groups is 1. The highest BCUT2D eigenvalue weighted by Gasteiger charge is 2.38. The Morgan fingerprint density at radius 2 is 1.93 bits per heavy atom. The van der Waals surface area contributed by atoms with Crippen molar-refractivity contribution in [2.24, 2.45) is 0 Å². The van der Waals surface area contributed by atoms with E-state index in [1.54, 1.807) is 29.4 Å². The Hall–Kier alpha value is -4.62. The lowest BCUT2D eigenvalue weighted by Gasteiger charge is -2.23. The average molecular weight is 555 g/mol. The number of carbonyl (C=O) groups is 1. The summed E-state index contributed by atoms with van der Waals surface area (Å²) in [6.07, 6.45) is 12.7. The van der Waals surface area contributed by atoms with Gasteiger partial charge in [-0.1, -0.05) is 6.08 Å². The molecule has 2 saturated carbocycles. The number of nitrogens with zero attached hydrogens (tertiary/aromatic N) is 7. The van der Waals surface area contributed by atoms with Crippen LogP contribution in [0.4, 0.5) is 29.1 Å². The van der Waals surface area contributed by atoms with Crippen molar-refractivity contribution >= 4 is 46.2 Å². The molecule has 41 heavy (non-hydrogen) atoms. The fraction of sp³-hybridized carbons (Fsp3) is 0.357. The smallest absolute Gasteiger partial charge is 0.259 e. The van der Waals surface area contributed by atoms with Gasteiger partial charge >= 0.3 is 0 Å². The maximum Gasteiger partial charge on any atom is 0.259 e. The molecular formula is C28H30N10O3. The lowest BCUT2D eigenvalue weighted by Crippen LogP contribution is -2.22. The maximum atomic E-state index is 12.4. The minimum absolute atomic E-state index is 0.0504. The van der Waals surface area contributed by atoms with Crippen molar-refractivity contribution < 1.29 is 14.6 Å². The Balaban J connectivity index is 0.000000135. The van der Waals surface area contributed by atoms with E-state index in [0.717, 1.165) is 42.8 Å². The molecule has 5 N–H and O–H groups in total. The first-order chi connectivity index (χ1) is 20.0. The number of hydrogen-bond acceptors (Lipinski definition) is 11. The molecular weight excluding hydrogens is 524 g/mol. The van der Waals surface area contributed by atoms with Gasteiger partial charge in [0.05, 0.1) is 24.2 Å². The minimum Gasteiger partial charge on any atom is -0.393 e. The third-order valence-corrected chi connectivity index (χ3v) is 7.39. The second kappa shape index (κ2) is 10.1. The van der Waals surface area contributed by atoms with E-state index in [-0.39, 0.29) is 30.8 Å². The maximum absolute atomic E-state index is 12.4. The molecule has 2 aliphatic heterocycles. The first-order valence-electron chi connectivity index (χ1n) is 13.7. The molecule has 2 fully saturated rings. The highest BCUT2D eigenvalue weighted by Crippen LogP contribution is 2.43. The number of aliphatic hydroxyl groups excluding tert-OH is 1. The van der Waals surface area contributed by atoms with Crippen LogP contribution in [0, 0.1) is 6.92 Å². The first-order valence-corrected chi connectivity index (χ1v) is 13.7. The normalized spacial score (nSPS) is 21.0. The van der Waals surface area contributed by atoms with E-state index in [4.69, 9.17) is 15.6 Å². The van der Waals surface area contributed by atoms with E-state index in [1.165, 1.54) is 0 Å². The number of carbonyl (C=O) groups excluding carboxylic acids is 1. The van der Waals surface area contributed by atoms with Gasteiger partial charge in [-0.15, -0.1) is 0 Å². The number of nitrogens with two attached hydrogens (primary N) is 1. The van der Waals surface area contributed by atoms with E-state index in [1.807, 2.05) is 31.2 Å². The SMILES string of the molecule is Cc1ccnc2c1NC(=O)c1cccnc1N2C1CC1.Nc1nc(NC2CC2)c2ncn([C@H]3C=C[C@@H](CO)O3)c2n1. The van der Waals surface area contributed by atoms with E-state index < -0.39 is 0 Å². The number of hydrogen-bond donors (Lipinski definition) is 4. The number of ether oxygens (including phenoxy) is 1. The van der Waals surface area contributed by atoms with Crippen LogP contribution in [0.5, 0.6) is 0 Å². The summed E-state index contributed by atoms with van der Waals surface area (Å²) in [4.78, 5) is 36.3. The van der Waals surface area contributed by atoms with Crippen LogP contribution in [-0.2, 0) is 4.74 Å². The summed E-state index contributed by atoms with van der Waals surface area (Å²) in [7, 11) is 0. The fourth-order valence-corrected chi connectivity index (χ4v) is 5.00. The molecule has 1 amide bonds. The number of anilines is 5. The van der Waals surface area contributed by atoms with Crippen LogP contribution in [0.3, 0.4) is 0 Å². The molecule has 210 valence electrons. The van der Waals surface area contributed by atoms with Gasteiger partial charge in [-0.2, -0.15) is 9.97 Å². The van der Waals surface area contributed by atoms with Crippen molar-refractivity contribution in [1.82, 2.24) is 29.5 Å². The summed E-state index contributed by atoms with van der Waals surface area (Å²) in [5.41, 5.74) is 9.52. The summed E-state index contributed by atoms with van der Waals surface area (Å²) in [6, 6.07) is 6.36. The monoisotopic (exact) mass is 554 g/mol. The third kappa shape index (κ3) is 4.83. The third-order valence-electron chi connectivity index (χ3n) is 7.39. The molecule has 4 aromatic heterocycles. The van der Waals surface area contributed by atoms with Crippen LogP contribution in [0.15, 0.2) is 49.1 Å². The predicted molar refractivity (Wildman–Crippen MR) is 153 cm³/mol. The van der Waals surface area contributed by atoms with Gasteiger partial charge in [0.15, 0.2) is 29.0 Å². The minimum atomic E-state index is -0.338. The molecule has 13 nitrogen and oxygen atoms in total. The zero-order valence-electron chi connectivity index (χ0n) is 22.4. The number of aryl methyl sites for hydroxylation is 1. The predicted octanol–water partition coefficient (Wildman–Crippen LogP) is 3.08. The van der Waals surface area contributed by atoms with E-state index in [2.05, 4.69) is 40.5 Å². The molecule has 2 aliphatic carbocycles. The number of fused-ring (bicyclic) bond motifs is 3. The van der Waals surface area contributed by atoms with Crippen LogP contribution in [-0.4, -0.2) is 65.3 Å². The van der Waals surface area contributed by atoms with Crippen molar-refractivity contribution in [3.8, 4) is 0 Å². The van der Waals surface area contributed by atoms with Gasteiger partial charge in [0.1, 0.15) is 11.9 Å². The Kier molecular flexibility index (Phi) is 6.24. The number of amides is 1. The number of rotatable bonds is 5. The van der Waals surface area contributed by atoms with E-state index in [0.29, 0.717) is 40.4 Å². The summed E-state index contributed by atoms with van der Waals surface area (Å²) in [5, 5.41) is 15.4. The van der Waals surface area contributed by atoms with Crippen LogP contribution in [0.1, 0.15) is 47.8 Å². The molecule has 4 aliphatic rings. The van der Waals surface area contributed by atoms with Crippen LogP contribution in [0.2, 0.25) is 0 Å².